The molecule has 2 aromatic carbocycles. The summed E-state index contributed by atoms with van der Waals surface area (Å²) in [6, 6.07) is 13.3. The van der Waals surface area contributed by atoms with E-state index in [0.717, 1.165) is 34.1 Å². The van der Waals surface area contributed by atoms with Gasteiger partial charge in [-0.2, -0.15) is 0 Å². The monoisotopic (exact) mass is 462 g/mol. The van der Waals surface area contributed by atoms with Crippen molar-refractivity contribution in [2.24, 2.45) is 0 Å². The maximum absolute atomic E-state index is 12.5. The van der Waals surface area contributed by atoms with Crippen molar-refractivity contribution in [1.82, 2.24) is 9.55 Å². The van der Waals surface area contributed by atoms with Gasteiger partial charge in [-0.25, -0.2) is 4.98 Å². The van der Waals surface area contributed by atoms with Crippen molar-refractivity contribution in [3.63, 3.8) is 0 Å². The number of amides is 1. The normalized spacial score (nSPS) is 12.1. The van der Waals surface area contributed by atoms with Gasteiger partial charge < -0.3 is 14.0 Å². The van der Waals surface area contributed by atoms with Gasteiger partial charge in [0.2, 0.25) is 6.79 Å². The van der Waals surface area contributed by atoms with Crippen LogP contribution in [-0.2, 0) is 0 Å². The molecule has 0 saturated carbocycles. The predicted octanol–water partition coefficient (Wildman–Crippen LogP) is 5.11. The van der Waals surface area contributed by atoms with Crippen molar-refractivity contribution in [3.8, 4) is 28.4 Å². The zero-order valence-corrected chi connectivity index (χ0v) is 18.5. The van der Waals surface area contributed by atoms with Gasteiger partial charge in [-0.15, -0.1) is 11.3 Å². The number of benzene rings is 2. The summed E-state index contributed by atoms with van der Waals surface area (Å²) in [5.41, 5.74) is 4.95. The standard InChI is InChI=1S/C23H18N4O5S/c1-13-9-18(14(2)26(13)17-7-8-20-21(10-17)32-12-31-20)19-11-33-23(24-19)25-22(28)15-3-5-16(6-4-15)27(29)30/h3-11H,12H2,1-2H3,(H,24,25,28). The topological polar surface area (TPSA) is 109 Å². The summed E-state index contributed by atoms with van der Waals surface area (Å²) >= 11 is 1.31. The summed E-state index contributed by atoms with van der Waals surface area (Å²) in [6.45, 7) is 4.26. The molecule has 0 aliphatic carbocycles. The van der Waals surface area contributed by atoms with Crippen LogP contribution in [0.15, 0.2) is 53.9 Å². The number of nitrogens with one attached hydrogen (secondary N) is 1. The van der Waals surface area contributed by atoms with Gasteiger partial charge in [0.05, 0.1) is 10.6 Å². The number of hydrogen-bond donors (Lipinski definition) is 1. The van der Waals surface area contributed by atoms with Crippen LogP contribution in [0.3, 0.4) is 0 Å². The molecule has 0 saturated heterocycles. The largest absolute Gasteiger partial charge is 0.454 e. The molecule has 1 aliphatic rings. The fraction of sp³-hybridized carbons (Fsp3) is 0.130. The lowest BCUT2D eigenvalue weighted by molar-refractivity contribution is -0.384. The van der Waals surface area contributed by atoms with Crippen LogP contribution in [0.25, 0.3) is 16.9 Å². The van der Waals surface area contributed by atoms with Crippen LogP contribution in [0.5, 0.6) is 11.5 Å². The molecule has 0 bridgehead atoms. The molecule has 166 valence electrons. The van der Waals surface area contributed by atoms with Gasteiger partial charge in [0.25, 0.3) is 11.6 Å². The highest BCUT2D eigenvalue weighted by Crippen LogP contribution is 2.36. The third-order valence-electron chi connectivity index (χ3n) is 5.39. The van der Waals surface area contributed by atoms with Gasteiger partial charge in [-0.05, 0) is 44.2 Å². The molecule has 1 aliphatic heterocycles. The number of non-ortho nitro benzene ring substituents is 1. The summed E-state index contributed by atoms with van der Waals surface area (Å²) in [5, 5.41) is 15.9. The molecule has 0 fully saturated rings. The molecule has 1 amide bonds. The first-order valence-electron chi connectivity index (χ1n) is 10.0. The van der Waals surface area contributed by atoms with Gasteiger partial charge in [-0.1, -0.05) is 0 Å². The number of aromatic nitrogens is 2. The predicted molar refractivity (Wildman–Crippen MR) is 124 cm³/mol. The Morgan fingerprint density at radius 3 is 2.64 bits per heavy atom. The Morgan fingerprint density at radius 1 is 1.12 bits per heavy atom. The second-order valence-corrected chi connectivity index (χ2v) is 8.31. The number of aryl methyl sites for hydroxylation is 1. The molecule has 9 nitrogen and oxygen atoms in total. The minimum Gasteiger partial charge on any atom is -0.454 e. The summed E-state index contributed by atoms with van der Waals surface area (Å²) in [7, 11) is 0. The highest BCUT2D eigenvalue weighted by atomic mass is 32.1. The van der Waals surface area contributed by atoms with E-state index in [9.17, 15) is 14.9 Å². The lowest BCUT2D eigenvalue weighted by atomic mass is 10.2. The van der Waals surface area contributed by atoms with Crippen molar-refractivity contribution in [1.29, 1.82) is 0 Å². The number of fused-ring (bicyclic) bond motifs is 1. The van der Waals surface area contributed by atoms with E-state index in [1.165, 1.54) is 35.6 Å². The number of ether oxygens (including phenoxy) is 2. The van der Waals surface area contributed by atoms with Gasteiger partial charge in [0.15, 0.2) is 16.6 Å². The molecule has 0 radical (unpaired) electrons. The van der Waals surface area contributed by atoms with Crippen molar-refractivity contribution < 1.29 is 19.2 Å². The molecule has 0 atom stereocenters. The number of carbonyl (C=O) groups excluding carboxylic acids is 1. The Balaban J connectivity index is 1.38. The lowest BCUT2D eigenvalue weighted by Gasteiger charge is -2.10. The third kappa shape index (κ3) is 3.80. The number of anilines is 1. The fourth-order valence-corrected chi connectivity index (χ4v) is 4.51. The first-order chi connectivity index (χ1) is 15.9. The van der Waals surface area contributed by atoms with E-state index >= 15 is 0 Å². The van der Waals surface area contributed by atoms with Crippen LogP contribution < -0.4 is 14.8 Å². The average molecular weight is 462 g/mol. The molecule has 10 heteroatoms. The summed E-state index contributed by atoms with van der Waals surface area (Å²) < 4.78 is 13.0. The maximum atomic E-state index is 12.5. The molecular formula is C23H18N4O5S. The smallest absolute Gasteiger partial charge is 0.269 e. The number of rotatable bonds is 5. The number of nitro groups is 1. The van der Waals surface area contributed by atoms with E-state index < -0.39 is 4.92 Å². The SMILES string of the molecule is Cc1cc(-c2csc(NC(=O)c3ccc([N+](=O)[O-])cc3)n2)c(C)n1-c1ccc2c(c1)OCO2. The minimum atomic E-state index is -0.505. The number of nitrogens with zero attached hydrogens (tertiary/aromatic N) is 3. The van der Waals surface area contributed by atoms with Crippen molar-refractivity contribution in [2.75, 3.05) is 12.1 Å². The molecule has 0 unspecified atom stereocenters. The average Bonchev–Trinajstić information content (AvgIpc) is 3.52. The van der Waals surface area contributed by atoms with Crippen LogP contribution in [0.4, 0.5) is 10.8 Å². The zero-order valence-electron chi connectivity index (χ0n) is 17.7. The van der Waals surface area contributed by atoms with Gasteiger partial charge in [0.1, 0.15) is 0 Å². The maximum Gasteiger partial charge on any atom is 0.269 e. The molecule has 1 N–H and O–H groups in total. The zero-order chi connectivity index (χ0) is 23.1. The van der Waals surface area contributed by atoms with Crippen molar-refractivity contribution >= 4 is 28.1 Å². The number of hydrogen-bond acceptors (Lipinski definition) is 7. The number of carbonyl (C=O) groups is 1. The van der Waals surface area contributed by atoms with Crippen molar-refractivity contribution in [2.45, 2.75) is 13.8 Å². The molecule has 4 aromatic rings. The van der Waals surface area contributed by atoms with E-state index in [1.807, 2.05) is 37.4 Å². The van der Waals surface area contributed by atoms with Crippen molar-refractivity contribution in [3.05, 3.63) is 81.0 Å². The quantitative estimate of drug-likeness (QED) is 0.326. The van der Waals surface area contributed by atoms with Crippen LogP contribution >= 0.6 is 11.3 Å². The highest BCUT2D eigenvalue weighted by Gasteiger charge is 2.19. The van der Waals surface area contributed by atoms with E-state index in [0.29, 0.717) is 16.4 Å². The van der Waals surface area contributed by atoms with E-state index in [2.05, 4.69) is 20.9 Å². The van der Waals surface area contributed by atoms with Crippen LogP contribution in [0.1, 0.15) is 21.7 Å². The Labute approximate surface area is 192 Å². The van der Waals surface area contributed by atoms with Gasteiger partial charge >= 0.3 is 0 Å². The van der Waals surface area contributed by atoms with E-state index in [1.54, 1.807) is 0 Å². The summed E-state index contributed by atoms with van der Waals surface area (Å²) in [5.74, 6) is 1.07. The molecule has 5 rings (SSSR count). The van der Waals surface area contributed by atoms with Crippen LogP contribution in [0, 0.1) is 24.0 Å². The Kier molecular flexibility index (Phi) is 5.06. The summed E-state index contributed by atoms with van der Waals surface area (Å²) in [4.78, 5) is 27.4. The molecule has 2 aromatic heterocycles. The molecule has 33 heavy (non-hydrogen) atoms. The van der Waals surface area contributed by atoms with E-state index in [-0.39, 0.29) is 18.4 Å². The van der Waals surface area contributed by atoms with Crippen LogP contribution in [0.2, 0.25) is 0 Å². The minimum absolute atomic E-state index is 0.0686. The Bertz CT molecular complexity index is 1390. The Hall–Kier alpha value is -4.18. The third-order valence-corrected chi connectivity index (χ3v) is 6.14. The second kappa shape index (κ2) is 8.06. The Morgan fingerprint density at radius 2 is 1.88 bits per heavy atom. The fourth-order valence-electron chi connectivity index (χ4n) is 3.80. The molecule has 3 heterocycles. The number of nitro benzene ring substituents is 1. The molecular weight excluding hydrogens is 444 g/mol. The van der Waals surface area contributed by atoms with E-state index in [4.69, 9.17) is 9.47 Å². The lowest BCUT2D eigenvalue weighted by Crippen LogP contribution is -2.11. The van der Waals surface area contributed by atoms with Gasteiger partial charge in [-0.3, -0.25) is 20.2 Å². The van der Waals surface area contributed by atoms with Gasteiger partial charge in [0, 0.05) is 51.8 Å². The molecule has 0 spiro atoms. The summed E-state index contributed by atoms with van der Waals surface area (Å²) in [6.07, 6.45) is 0. The first-order valence-corrected chi connectivity index (χ1v) is 10.9. The highest BCUT2D eigenvalue weighted by molar-refractivity contribution is 7.14. The number of thiazole rings is 1. The van der Waals surface area contributed by atoms with Crippen LogP contribution in [-0.4, -0.2) is 27.2 Å². The first kappa shape index (κ1) is 20.7. The second-order valence-electron chi connectivity index (χ2n) is 7.45.